The van der Waals surface area contributed by atoms with Gasteiger partial charge in [-0.3, -0.25) is 9.68 Å². The van der Waals surface area contributed by atoms with Crippen molar-refractivity contribution in [1.29, 1.82) is 0 Å². The fourth-order valence-electron chi connectivity index (χ4n) is 5.28. The maximum absolute atomic E-state index is 12.0. The van der Waals surface area contributed by atoms with E-state index in [0.29, 0.717) is 11.5 Å². The summed E-state index contributed by atoms with van der Waals surface area (Å²) < 4.78 is 5.74. The van der Waals surface area contributed by atoms with E-state index in [2.05, 4.69) is 50.6 Å². The minimum atomic E-state index is -1.28. The maximum Gasteiger partial charge on any atom is 0.381 e. The third-order valence-electron chi connectivity index (χ3n) is 7.22. The van der Waals surface area contributed by atoms with Crippen molar-refractivity contribution in [2.24, 2.45) is 0 Å². The molecule has 0 bridgehead atoms. The van der Waals surface area contributed by atoms with E-state index in [0.717, 1.165) is 33.4 Å². The lowest BCUT2D eigenvalue weighted by molar-refractivity contribution is -0.208. The summed E-state index contributed by atoms with van der Waals surface area (Å²) in [6.45, 7) is 16.1. The highest BCUT2D eigenvalue weighted by atomic mass is 17.2. The van der Waals surface area contributed by atoms with Crippen molar-refractivity contribution < 1.29 is 29.2 Å². The Labute approximate surface area is 281 Å². The van der Waals surface area contributed by atoms with Gasteiger partial charge < -0.3 is 9.84 Å². The average molecular weight is 639 g/mol. The lowest BCUT2D eigenvalue weighted by atomic mass is 9.68. The maximum atomic E-state index is 12.0. The summed E-state index contributed by atoms with van der Waals surface area (Å²) >= 11 is 0. The molecule has 0 heterocycles. The molecule has 47 heavy (non-hydrogen) atoms. The first-order chi connectivity index (χ1) is 20.7. The van der Waals surface area contributed by atoms with Crippen LogP contribution in [-0.2, 0) is 19.9 Å². The minimum absolute atomic E-state index is 0. The normalized spacial score (nSPS) is 11.7. The summed E-state index contributed by atoms with van der Waals surface area (Å²) in [4.78, 5) is 33.9. The Balaban J connectivity index is 0.00000346. The van der Waals surface area contributed by atoms with Crippen LogP contribution in [0.25, 0.3) is 11.1 Å². The molecule has 0 saturated carbocycles. The molecule has 0 radical (unpaired) electrons. The lowest BCUT2D eigenvalue weighted by Crippen LogP contribution is -2.29. The molecule has 0 aromatic heterocycles. The minimum Gasteiger partial charge on any atom is -0.490 e. The first-order valence-electron chi connectivity index (χ1n) is 13.7. The summed E-state index contributed by atoms with van der Waals surface area (Å²) in [6, 6.07) is 31.8. The van der Waals surface area contributed by atoms with Crippen molar-refractivity contribution >= 4 is 11.8 Å². The van der Waals surface area contributed by atoms with Crippen molar-refractivity contribution in [2.45, 2.75) is 55.1 Å². The molecule has 0 saturated heterocycles. The van der Waals surface area contributed by atoms with Gasteiger partial charge in [0.15, 0.2) is 17.6 Å². The van der Waals surface area contributed by atoms with Crippen LogP contribution >= 0.6 is 0 Å². The second-order valence-corrected chi connectivity index (χ2v) is 10.1. The monoisotopic (exact) mass is 638 g/mol. The fraction of sp³-hybridized carbons (Fsp3) is 0.220. The van der Waals surface area contributed by atoms with Crippen LogP contribution < -0.4 is 9.62 Å². The number of benzene rings is 4. The smallest absolute Gasteiger partial charge is 0.381 e. The largest absolute Gasteiger partial charge is 0.490 e. The third-order valence-corrected chi connectivity index (χ3v) is 7.22. The number of Topliss-reactive ketones (excluding diaryl/α,β-unsaturated/α-hetero) is 1. The van der Waals surface area contributed by atoms with Crippen LogP contribution in [0.3, 0.4) is 0 Å². The van der Waals surface area contributed by atoms with Crippen molar-refractivity contribution in [3.8, 4) is 22.6 Å². The standard InChI is InChI=1S/C35H30O6.C2H4.4CH4/c1-22(2)33(37)32(36)21-39-26-17-13-24(14-18-26)35(25-15-19-27(20-16-25)40-41-34(38)23(3)4)30-11-7-5-9-28(30)29-10-6-8-12-31(29)35;1-2;;;;/h5-20,32,36H,1,3,21H2,2,4H3;1-2H2;4*1H4. The molecule has 1 unspecified atom stereocenters. The molecule has 0 spiro atoms. The second-order valence-electron chi connectivity index (χ2n) is 10.1. The van der Waals surface area contributed by atoms with Crippen LogP contribution in [0.1, 0.15) is 65.8 Å². The molecule has 4 aromatic rings. The molecule has 1 N–H and O–H groups in total. The van der Waals surface area contributed by atoms with Gasteiger partial charge in [0.05, 0.1) is 5.41 Å². The molecule has 0 aliphatic heterocycles. The molecule has 6 nitrogen and oxygen atoms in total. The van der Waals surface area contributed by atoms with Gasteiger partial charge in [-0.15, -0.1) is 13.2 Å². The molecule has 5 rings (SSSR count). The van der Waals surface area contributed by atoms with Crippen molar-refractivity contribution in [3.05, 3.63) is 157 Å². The molecular formula is C41H50O6. The number of ether oxygens (including phenoxy) is 1. The predicted octanol–water partition coefficient (Wildman–Crippen LogP) is 9.69. The number of rotatable bonds is 10. The van der Waals surface area contributed by atoms with Crippen LogP contribution in [0.5, 0.6) is 11.5 Å². The first kappa shape index (κ1) is 41.8. The van der Waals surface area contributed by atoms with Gasteiger partial charge in [-0.2, -0.15) is 0 Å². The van der Waals surface area contributed by atoms with Gasteiger partial charge in [-0.25, -0.2) is 9.68 Å². The summed E-state index contributed by atoms with van der Waals surface area (Å²) in [6.07, 6.45) is -1.28. The highest BCUT2D eigenvalue weighted by Crippen LogP contribution is 2.56. The number of hydrogen-bond donors (Lipinski definition) is 1. The van der Waals surface area contributed by atoms with Crippen molar-refractivity contribution in [1.82, 2.24) is 0 Å². The number of carbonyl (C=O) groups is 2. The molecule has 0 fully saturated rings. The average Bonchev–Trinajstić information content (AvgIpc) is 3.34. The van der Waals surface area contributed by atoms with E-state index >= 15 is 0 Å². The molecule has 1 aliphatic rings. The van der Waals surface area contributed by atoms with Crippen LogP contribution in [0, 0.1) is 0 Å². The van der Waals surface area contributed by atoms with Crippen LogP contribution in [0.2, 0.25) is 0 Å². The highest BCUT2D eigenvalue weighted by Gasteiger charge is 2.45. The summed E-state index contributed by atoms with van der Waals surface area (Å²) in [5, 5.41) is 10.1. The van der Waals surface area contributed by atoms with E-state index in [1.807, 2.05) is 60.7 Å². The number of aliphatic hydroxyl groups is 1. The SMILES string of the molecule is C.C.C.C.C=C.C=C(C)C(=O)OOc1ccc(C2(c3ccc(OCC(O)C(=O)C(=C)C)cc3)c3ccccc3-c3ccccc32)cc1. The highest BCUT2D eigenvalue weighted by molar-refractivity contribution is 5.97. The lowest BCUT2D eigenvalue weighted by Gasteiger charge is -2.34. The Morgan fingerprint density at radius 2 is 1.11 bits per heavy atom. The number of carbonyl (C=O) groups excluding carboxylic acids is 2. The fourth-order valence-corrected chi connectivity index (χ4v) is 5.28. The zero-order valence-electron chi connectivity index (χ0n) is 24.3. The Morgan fingerprint density at radius 3 is 1.53 bits per heavy atom. The quantitative estimate of drug-likeness (QED) is 0.0710. The van der Waals surface area contributed by atoms with Gasteiger partial charge in [0, 0.05) is 5.57 Å². The van der Waals surface area contributed by atoms with E-state index in [4.69, 9.17) is 14.5 Å². The third kappa shape index (κ3) is 8.15. The summed E-state index contributed by atoms with van der Waals surface area (Å²) in [5.74, 6) is -0.172. The Hall–Kier alpha value is -5.20. The van der Waals surface area contributed by atoms with Gasteiger partial charge in [0.2, 0.25) is 0 Å². The molecule has 4 aromatic carbocycles. The van der Waals surface area contributed by atoms with E-state index in [-0.39, 0.29) is 47.5 Å². The molecular weight excluding hydrogens is 588 g/mol. The van der Waals surface area contributed by atoms with Gasteiger partial charge in [0.1, 0.15) is 12.4 Å². The number of hydrogen-bond acceptors (Lipinski definition) is 6. The second kappa shape index (κ2) is 18.1. The van der Waals surface area contributed by atoms with Crippen LogP contribution in [-0.4, -0.2) is 29.6 Å². The number of aliphatic hydroxyl groups excluding tert-OH is 1. The zero-order valence-corrected chi connectivity index (χ0v) is 24.3. The molecule has 1 aliphatic carbocycles. The van der Waals surface area contributed by atoms with E-state index in [1.54, 1.807) is 26.0 Å². The molecule has 1 atom stereocenters. The van der Waals surface area contributed by atoms with Crippen LogP contribution in [0.15, 0.2) is 135 Å². The first-order valence-corrected chi connectivity index (χ1v) is 13.7. The van der Waals surface area contributed by atoms with Gasteiger partial charge >= 0.3 is 5.97 Å². The van der Waals surface area contributed by atoms with E-state index in [1.165, 1.54) is 0 Å². The zero-order chi connectivity index (χ0) is 31.1. The van der Waals surface area contributed by atoms with E-state index in [9.17, 15) is 14.7 Å². The Bertz CT molecular complexity index is 1600. The summed E-state index contributed by atoms with van der Waals surface area (Å²) in [5.41, 5.74) is 6.38. The number of fused-ring (bicyclic) bond motifs is 3. The molecule has 6 heteroatoms. The summed E-state index contributed by atoms with van der Waals surface area (Å²) in [7, 11) is 0. The molecule has 0 amide bonds. The van der Waals surface area contributed by atoms with Crippen molar-refractivity contribution in [3.63, 3.8) is 0 Å². The Morgan fingerprint density at radius 1 is 0.681 bits per heavy atom. The van der Waals surface area contributed by atoms with Gasteiger partial charge in [-0.1, -0.05) is 116 Å². The van der Waals surface area contributed by atoms with Crippen molar-refractivity contribution in [2.75, 3.05) is 6.61 Å². The van der Waals surface area contributed by atoms with E-state index < -0.39 is 23.3 Å². The van der Waals surface area contributed by atoms with Gasteiger partial charge in [0.25, 0.3) is 0 Å². The van der Waals surface area contributed by atoms with Gasteiger partial charge in [-0.05, 0) is 77.1 Å². The number of ketones is 1. The predicted molar refractivity (Wildman–Crippen MR) is 195 cm³/mol. The molecule has 250 valence electrons. The Kier molecular flexibility index (Phi) is 16.1. The topological polar surface area (TPSA) is 82.1 Å². The van der Waals surface area contributed by atoms with Crippen LogP contribution in [0.4, 0.5) is 0 Å².